The Bertz CT molecular complexity index is 355. The average Bonchev–Trinajstić information content (AvgIpc) is 2.86. The Balaban J connectivity index is 2.12. The van der Waals surface area contributed by atoms with Crippen LogP contribution in [0.25, 0.3) is 0 Å². The summed E-state index contributed by atoms with van der Waals surface area (Å²) in [5, 5.41) is 6.90. The van der Waals surface area contributed by atoms with Crippen molar-refractivity contribution in [2.24, 2.45) is 0 Å². The molecule has 1 aliphatic heterocycles. The molecule has 2 heterocycles. The van der Waals surface area contributed by atoms with E-state index in [1.54, 1.807) is 14.1 Å². The smallest absolute Gasteiger partial charge is 0.294 e. The lowest BCUT2D eigenvalue weighted by Gasteiger charge is -2.05. The van der Waals surface area contributed by atoms with E-state index in [1.807, 2.05) is 0 Å². The highest BCUT2D eigenvalue weighted by atomic mass is 16.5. The van der Waals surface area contributed by atoms with Crippen LogP contribution in [0.4, 0.5) is 0 Å². The molecule has 1 aromatic heterocycles. The highest BCUT2D eigenvalue weighted by Gasteiger charge is 2.24. The number of hydrogen-bond acceptors (Lipinski definition) is 5. The summed E-state index contributed by atoms with van der Waals surface area (Å²) in [7, 11) is 3.32. The Hall–Kier alpha value is -1.43. The van der Waals surface area contributed by atoms with E-state index in [9.17, 15) is 4.79 Å². The minimum atomic E-state index is -0.233. The predicted octanol–water partition coefficient (Wildman–Crippen LogP) is 0.196. The fraction of sp³-hybridized carbons (Fsp3) is 0.667. The van der Waals surface area contributed by atoms with Gasteiger partial charge in [-0.2, -0.15) is 4.98 Å². The van der Waals surface area contributed by atoms with Gasteiger partial charge in [0, 0.05) is 14.1 Å². The third-order valence-electron chi connectivity index (χ3n) is 2.40. The maximum absolute atomic E-state index is 11.5. The van der Waals surface area contributed by atoms with Crippen molar-refractivity contribution in [3.63, 3.8) is 0 Å². The zero-order valence-electron chi connectivity index (χ0n) is 8.86. The Kier molecular flexibility index (Phi) is 2.68. The van der Waals surface area contributed by atoms with E-state index >= 15 is 0 Å². The zero-order valence-corrected chi connectivity index (χ0v) is 8.86. The van der Waals surface area contributed by atoms with Gasteiger partial charge in [-0.25, -0.2) is 0 Å². The molecule has 1 unspecified atom stereocenters. The molecule has 6 heteroatoms. The number of carbonyl (C=O) groups is 1. The van der Waals surface area contributed by atoms with E-state index in [0.29, 0.717) is 5.89 Å². The van der Waals surface area contributed by atoms with Crippen LogP contribution in [-0.4, -0.2) is 41.6 Å². The van der Waals surface area contributed by atoms with E-state index in [1.165, 1.54) is 4.90 Å². The van der Waals surface area contributed by atoms with Gasteiger partial charge >= 0.3 is 0 Å². The second-order valence-corrected chi connectivity index (χ2v) is 3.80. The fourth-order valence-electron chi connectivity index (χ4n) is 1.56. The molecule has 1 saturated heterocycles. The molecule has 0 bridgehead atoms. The molecule has 1 fully saturated rings. The Morgan fingerprint density at radius 1 is 1.60 bits per heavy atom. The number of amides is 1. The molecule has 6 nitrogen and oxygen atoms in total. The molecule has 0 aromatic carbocycles. The number of nitrogens with zero attached hydrogens (tertiary/aromatic N) is 3. The van der Waals surface area contributed by atoms with Crippen LogP contribution in [-0.2, 0) is 0 Å². The lowest BCUT2D eigenvalue weighted by Crippen LogP contribution is -2.23. The molecule has 1 aromatic rings. The quantitative estimate of drug-likeness (QED) is 0.754. The summed E-state index contributed by atoms with van der Waals surface area (Å²) < 4.78 is 5.05. The van der Waals surface area contributed by atoms with Gasteiger partial charge in [-0.05, 0) is 19.4 Å². The van der Waals surface area contributed by atoms with Crippen LogP contribution in [0, 0.1) is 0 Å². The fourth-order valence-corrected chi connectivity index (χ4v) is 1.56. The van der Waals surface area contributed by atoms with Crippen molar-refractivity contribution in [3.05, 3.63) is 11.7 Å². The van der Waals surface area contributed by atoms with Crippen molar-refractivity contribution in [2.45, 2.75) is 18.9 Å². The number of rotatable bonds is 2. The minimum Gasteiger partial charge on any atom is -0.342 e. The Morgan fingerprint density at radius 2 is 2.40 bits per heavy atom. The van der Waals surface area contributed by atoms with Crippen LogP contribution in [0.2, 0.25) is 0 Å². The first-order chi connectivity index (χ1) is 7.18. The summed E-state index contributed by atoms with van der Waals surface area (Å²) in [4.78, 5) is 17.0. The first-order valence-electron chi connectivity index (χ1n) is 4.97. The molecule has 15 heavy (non-hydrogen) atoms. The molecule has 2 rings (SSSR count). The molecule has 0 radical (unpaired) electrons. The summed E-state index contributed by atoms with van der Waals surface area (Å²) in [5.74, 6) is 0.407. The molecule has 1 aliphatic rings. The molecule has 1 N–H and O–H groups in total. The third kappa shape index (κ3) is 1.99. The highest BCUT2D eigenvalue weighted by molar-refractivity contribution is 5.89. The topological polar surface area (TPSA) is 71.3 Å². The van der Waals surface area contributed by atoms with E-state index in [0.717, 1.165) is 19.4 Å². The summed E-state index contributed by atoms with van der Waals surface area (Å²) in [6, 6.07) is 0.112. The Labute approximate surface area is 87.6 Å². The summed E-state index contributed by atoms with van der Waals surface area (Å²) in [6.45, 7) is 0.962. The maximum Gasteiger partial charge on any atom is 0.294 e. The van der Waals surface area contributed by atoms with E-state index in [2.05, 4.69) is 15.5 Å². The second-order valence-electron chi connectivity index (χ2n) is 3.80. The number of hydrogen-bond donors (Lipinski definition) is 1. The first-order valence-corrected chi connectivity index (χ1v) is 4.97. The van der Waals surface area contributed by atoms with E-state index in [4.69, 9.17) is 4.52 Å². The van der Waals surface area contributed by atoms with Crippen LogP contribution >= 0.6 is 0 Å². The predicted molar refractivity (Wildman–Crippen MR) is 52.3 cm³/mol. The van der Waals surface area contributed by atoms with Gasteiger partial charge in [-0.1, -0.05) is 5.16 Å². The van der Waals surface area contributed by atoms with Crippen LogP contribution in [0.1, 0.15) is 35.4 Å². The normalized spacial score (nSPS) is 20.5. The lowest BCUT2D eigenvalue weighted by molar-refractivity contribution is 0.0812. The van der Waals surface area contributed by atoms with Crippen molar-refractivity contribution < 1.29 is 9.32 Å². The zero-order chi connectivity index (χ0) is 10.8. The van der Waals surface area contributed by atoms with Gasteiger partial charge in [-0.3, -0.25) is 4.79 Å². The monoisotopic (exact) mass is 210 g/mol. The molecule has 1 amide bonds. The third-order valence-corrected chi connectivity index (χ3v) is 2.40. The molecule has 0 spiro atoms. The molecule has 1 atom stereocenters. The van der Waals surface area contributed by atoms with Crippen LogP contribution < -0.4 is 5.32 Å². The number of carbonyl (C=O) groups excluding carboxylic acids is 1. The lowest BCUT2D eigenvalue weighted by atomic mass is 10.2. The van der Waals surface area contributed by atoms with Gasteiger partial charge < -0.3 is 14.7 Å². The number of aromatic nitrogens is 2. The molecule has 82 valence electrons. The molecule has 0 saturated carbocycles. The van der Waals surface area contributed by atoms with Crippen LogP contribution in [0.15, 0.2) is 4.52 Å². The van der Waals surface area contributed by atoms with Gasteiger partial charge in [-0.15, -0.1) is 0 Å². The van der Waals surface area contributed by atoms with Crippen molar-refractivity contribution in [1.82, 2.24) is 20.4 Å². The van der Waals surface area contributed by atoms with Gasteiger partial charge in [0.1, 0.15) is 0 Å². The summed E-state index contributed by atoms with van der Waals surface area (Å²) >= 11 is 0. The average molecular weight is 210 g/mol. The molecule has 0 aliphatic carbocycles. The van der Waals surface area contributed by atoms with Gasteiger partial charge in [0.05, 0.1) is 6.04 Å². The maximum atomic E-state index is 11.5. The first kappa shape index (κ1) is 10.1. The van der Waals surface area contributed by atoms with E-state index in [-0.39, 0.29) is 17.8 Å². The summed E-state index contributed by atoms with van der Waals surface area (Å²) in [6.07, 6.45) is 2.09. The van der Waals surface area contributed by atoms with Gasteiger partial charge in [0.25, 0.3) is 11.7 Å². The van der Waals surface area contributed by atoms with Gasteiger partial charge in [0.2, 0.25) is 5.89 Å². The molecular weight excluding hydrogens is 196 g/mol. The van der Waals surface area contributed by atoms with Crippen LogP contribution in [0.5, 0.6) is 0 Å². The van der Waals surface area contributed by atoms with Gasteiger partial charge in [0.15, 0.2) is 0 Å². The van der Waals surface area contributed by atoms with E-state index < -0.39 is 0 Å². The Morgan fingerprint density at radius 3 is 3.00 bits per heavy atom. The van der Waals surface area contributed by atoms with Crippen molar-refractivity contribution >= 4 is 5.91 Å². The number of nitrogens with one attached hydrogen (secondary N) is 1. The van der Waals surface area contributed by atoms with Crippen molar-refractivity contribution in [3.8, 4) is 0 Å². The molecular formula is C9H14N4O2. The summed E-state index contributed by atoms with van der Waals surface area (Å²) in [5.41, 5.74) is 0. The second kappa shape index (κ2) is 3.98. The largest absolute Gasteiger partial charge is 0.342 e. The van der Waals surface area contributed by atoms with Crippen molar-refractivity contribution in [1.29, 1.82) is 0 Å². The highest BCUT2D eigenvalue weighted by Crippen LogP contribution is 2.21. The van der Waals surface area contributed by atoms with Crippen molar-refractivity contribution in [2.75, 3.05) is 20.6 Å². The standard InChI is InChI=1S/C9H14N4O2/c1-13(2)9(14)7-11-8(15-12-7)6-4-3-5-10-6/h6,10H,3-5H2,1-2H3. The van der Waals surface area contributed by atoms with Crippen LogP contribution in [0.3, 0.4) is 0 Å². The minimum absolute atomic E-state index is 0.112. The SMILES string of the molecule is CN(C)C(=O)c1noc(C2CCCN2)n1.